The lowest BCUT2D eigenvalue weighted by Gasteiger charge is -2.17. The van der Waals surface area contributed by atoms with Crippen molar-refractivity contribution in [3.05, 3.63) is 65.2 Å². The maximum Gasteiger partial charge on any atom is 0.137 e. The number of rotatable bonds is 5. The van der Waals surface area contributed by atoms with Crippen LogP contribution in [0.3, 0.4) is 0 Å². The maximum absolute atomic E-state index is 13.5. The van der Waals surface area contributed by atoms with Crippen LogP contribution in [-0.4, -0.2) is 6.10 Å². The molecule has 0 radical (unpaired) electrons. The number of benzene rings is 2. The Morgan fingerprint density at radius 1 is 1.24 bits per heavy atom. The third-order valence-electron chi connectivity index (χ3n) is 3.00. The molecule has 2 aromatic rings. The number of halogens is 3. The highest BCUT2D eigenvalue weighted by molar-refractivity contribution is 9.10. The topological polar surface area (TPSA) is 9.23 Å². The molecular formula is C17H15BrF2O. The number of hydrogen-bond donors (Lipinski definition) is 0. The Morgan fingerprint density at radius 2 is 2.00 bits per heavy atom. The minimum atomic E-state index is -0.374. The quantitative estimate of drug-likeness (QED) is 0.623. The van der Waals surface area contributed by atoms with E-state index in [1.54, 1.807) is 24.3 Å². The first-order valence-corrected chi connectivity index (χ1v) is 7.33. The van der Waals surface area contributed by atoms with Gasteiger partial charge in [0.25, 0.3) is 0 Å². The van der Waals surface area contributed by atoms with E-state index in [2.05, 4.69) is 22.5 Å². The molecular weight excluding hydrogens is 338 g/mol. The van der Waals surface area contributed by atoms with Crippen molar-refractivity contribution in [1.29, 1.82) is 0 Å². The molecule has 0 spiro atoms. The summed E-state index contributed by atoms with van der Waals surface area (Å²) >= 11 is 3.15. The van der Waals surface area contributed by atoms with Gasteiger partial charge in [-0.25, -0.2) is 8.78 Å². The second-order valence-corrected chi connectivity index (χ2v) is 5.58. The molecule has 0 aliphatic heterocycles. The molecule has 0 aliphatic rings. The highest BCUT2D eigenvalue weighted by Gasteiger charge is 2.12. The first-order chi connectivity index (χ1) is 10.0. The van der Waals surface area contributed by atoms with Crippen LogP contribution in [0.5, 0.6) is 5.75 Å². The van der Waals surface area contributed by atoms with Gasteiger partial charge in [-0.2, -0.15) is 0 Å². The van der Waals surface area contributed by atoms with Gasteiger partial charge in [-0.15, -0.1) is 6.58 Å². The van der Waals surface area contributed by atoms with Gasteiger partial charge in [-0.05, 0) is 52.7 Å². The first kappa shape index (κ1) is 15.7. The highest BCUT2D eigenvalue weighted by atomic mass is 79.9. The summed E-state index contributed by atoms with van der Waals surface area (Å²) in [5.41, 5.74) is 1.47. The smallest absolute Gasteiger partial charge is 0.137 e. The molecule has 0 bridgehead atoms. The van der Waals surface area contributed by atoms with E-state index in [-0.39, 0.29) is 17.7 Å². The van der Waals surface area contributed by atoms with E-state index in [0.29, 0.717) is 22.2 Å². The summed E-state index contributed by atoms with van der Waals surface area (Å²) in [6.45, 7) is 5.55. The maximum atomic E-state index is 13.5. The Hall–Kier alpha value is -1.68. The summed E-state index contributed by atoms with van der Waals surface area (Å²) in [7, 11) is 0. The van der Waals surface area contributed by atoms with Crippen molar-refractivity contribution in [3.8, 4) is 16.9 Å². The van der Waals surface area contributed by atoms with Crippen LogP contribution in [-0.2, 0) is 0 Å². The fourth-order valence-corrected chi connectivity index (χ4v) is 2.37. The van der Waals surface area contributed by atoms with Crippen molar-refractivity contribution in [1.82, 2.24) is 0 Å². The van der Waals surface area contributed by atoms with Gasteiger partial charge in [0.05, 0.1) is 10.6 Å². The van der Waals surface area contributed by atoms with Crippen molar-refractivity contribution in [2.75, 3.05) is 0 Å². The molecule has 0 saturated carbocycles. The Labute approximate surface area is 131 Å². The fourth-order valence-electron chi connectivity index (χ4n) is 2.00. The molecule has 0 amide bonds. The standard InChI is InChI=1S/C17H15BrF2O/c1-3-4-11(2)21-17-10-13(19)6-7-14(17)12-5-8-16(20)15(18)9-12/h3,5-11H,1,4H2,2H3/t11-/m0/s1. The Morgan fingerprint density at radius 3 is 2.67 bits per heavy atom. The zero-order chi connectivity index (χ0) is 15.4. The predicted molar refractivity (Wildman–Crippen MR) is 84.4 cm³/mol. The predicted octanol–water partition coefficient (Wildman–Crippen LogP) is 5.74. The van der Waals surface area contributed by atoms with Crippen molar-refractivity contribution >= 4 is 15.9 Å². The van der Waals surface area contributed by atoms with Crippen LogP contribution in [0.2, 0.25) is 0 Å². The number of hydrogen-bond acceptors (Lipinski definition) is 1. The molecule has 1 atom stereocenters. The summed E-state index contributed by atoms with van der Waals surface area (Å²) in [5.74, 6) is -0.285. The third-order valence-corrected chi connectivity index (χ3v) is 3.61. The minimum Gasteiger partial charge on any atom is -0.490 e. The number of ether oxygens (including phenoxy) is 1. The molecule has 0 fully saturated rings. The summed E-state index contributed by atoms with van der Waals surface area (Å²) in [6, 6.07) is 8.97. The largest absolute Gasteiger partial charge is 0.490 e. The molecule has 0 saturated heterocycles. The van der Waals surface area contributed by atoms with E-state index >= 15 is 0 Å². The van der Waals surface area contributed by atoms with E-state index in [1.807, 2.05) is 6.92 Å². The van der Waals surface area contributed by atoms with Crippen LogP contribution in [0.15, 0.2) is 53.5 Å². The highest BCUT2D eigenvalue weighted by Crippen LogP contribution is 2.33. The van der Waals surface area contributed by atoms with Crippen molar-refractivity contribution < 1.29 is 13.5 Å². The summed E-state index contributed by atoms with van der Waals surface area (Å²) in [4.78, 5) is 0. The molecule has 0 aromatic heterocycles. The van der Waals surface area contributed by atoms with Crippen LogP contribution in [0, 0.1) is 11.6 Å². The fraction of sp³-hybridized carbons (Fsp3) is 0.176. The van der Waals surface area contributed by atoms with Gasteiger partial charge >= 0.3 is 0 Å². The molecule has 110 valence electrons. The first-order valence-electron chi connectivity index (χ1n) is 6.53. The van der Waals surface area contributed by atoms with E-state index < -0.39 is 0 Å². The van der Waals surface area contributed by atoms with E-state index in [0.717, 1.165) is 5.56 Å². The molecule has 0 aliphatic carbocycles. The average Bonchev–Trinajstić information content (AvgIpc) is 2.42. The van der Waals surface area contributed by atoms with Gasteiger partial charge in [-0.1, -0.05) is 12.1 Å². The SMILES string of the molecule is C=CC[C@H](C)Oc1cc(F)ccc1-c1ccc(F)c(Br)c1. The van der Waals surface area contributed by atoms with Crippen LogP contribution >= 0.6 is 15.9 Å². The van der Waals surface area contributed by atoms with E-state index in [4.69, 9.17) is 4.74 Å². The zero-order valence-electron chi connectivity index (χ0n) is 11.6. The van der Waals surface area contributed by atoms with Crippen LogP contribution < -0.4 is 4.74 Å². The second-order valence-electron chi connectivity index (χ2n) is 4.72. The van der Waals surface area contributed by atoms with Crippen LogP contribution in [0.4, 0.5) is 8.78 Å². The second kappa shape index (κ2) is 6.85. The Kier molecular flexibility index (Phi) is 5.12. The molecule has 2 rings (SSSR count). The van der Waals surface area contributed by atoms with Crippen molar-refractivity contribution in [2.45, 2.75) is 19.4 Å². The third kappa shape index (κ3) is 3.91. The van der Waals surface area contributed by atoms with Gasteiger partial charge in [0.15, 0.2) is 0 Å². The van der Waals surface area contributed by atoms with Gasteiger partial charge in [0.1, 0.15) is 17.4 Å². The normalized spacial score (nSPS) is 12.0. The molecule has 0 heterocycles. The van der Waals surface area contributed by atoms with Crippen molar-refractivity contribution in [3.63, 3.8) is 0 Å². The van der Waals surface area contributed by atoms with Crippen LogP contribution in [0.1, 0.15) is 13.3 Å². The van der Waals surface area contributed by atoms with Crippen molar-refractivity contribution in [2.24, 2.45) is 0 Å². The molecule has 0 N–H and O–H groups in total. The van der Waals surface area contributed by atoms with Gasteiger partial charge in [-0.3, -0.25) is 0 Å². The monoisotopic (exact) mass is 352 g/mol. The summed E-state index contributed by atoms with van der Waals surface area (Å²) in [5, 5.41) is 0. The summed E-state index contributed by atoms with van der Waals surface area (Å²) in [6.07, 6.45) is 2.29. The summed E-state index contributed by atoms with van der Waals surface area (Å²) < 4.78 is 32.9. The van der Waals surface area contributed by atoms with E-state index in [9.17, 15) is 8.78 Å². The van der Waals surface area contributed by atoms with E-state index in [1.165, 1.54) is 18.2 Å². The minimum absolute atomic E-state index is 0.119. The molecule has 2 aromatic carbocycles. The lowest BCUT2D eigenvalue weighted by atomic mass is 10.0. The molecule has 0 unspecified atom stereocenters. The van der Waals surface area contributed by atoms with Gasteiger partial charge in [0.2, 0.25) is 0 Å². The Balaban J connectivity index is 2.42. The van der Waals surface area contributed by atoms with Crippen LogP contribution in [0.25, 0.3) is 11.1 Å². The zero-order valence-corrected chi connectivity index (χ0v) is 13.2. The van der Waals surface area contributed by atoms with Gasteiger partial charge in [0, 0.05) is 18.1 Å². The van der Waals surface area contributed by atoms with Gasteiger partial charge < -0.3 is 4.74 Å². The average molecular weight is 353 g/mol. The molecule has 4 heteroatoms. The lowest BCUT2D eigenvalue weighted by molar-refractivity contribution is 0.225. The molecule has 21 heavy (non-hydrogen) atoms. The molecule has 1 nitrogen and oxygen atoms in total. The lowest BCUT2D eigenvalue weighted by Crippen LogP contribution is -2.11. The Bertz CT molecular complexity index is 655.